The predicted molar refractivity (Wildman–Crippen MR) is 56.0 cm³/mol. The fourth-order valence-corrected chi connectivity index (χ4v) is 3.21. The van der Waals surface area contributed by atoms with Gasteiger partial charge >= 0.3 is 0 Å². The molecule has 1 rings (SSSR count). The van der Waals surface area contributed by atoms with Crippen molar-refractivity contribution in [1.29, 1.82) is 0 Å². The lowest BCUT2D eigenvalue weighted by Gasteiger charge is -2.44. The lowest BCUT2D eigenvalue weighted by Crippen LogP contribution is -2.69. The summed E-state index contributed by atoms with van der Waals surface area (Å²) in [5.41, 5.74) is 4.93. The molecule has 0 amide bonds. The van der Waals surface area contributed by atoms with Crippen molar-refractivity contribution in [2.45, 2.75) is 38.8 Å². The summed E-state index contributed by atoms with van der Waals surface area (Å²) in [5, 5.41) is 0. The van der Waals surface area contributed by atoms with Gasteiger partial charge in [-0.1, -0.05) is 0 Å². The number of nitrogens with zero attached hydrogens (tertiary/aromatic N) is 1. The van der Waals surface area contributed by atoms with Gasteiger partial charge in [0, 0.05) is 24.2 Å². The van der Waals surface area contributed by atoms with Crippen molar-refractivity contribution in [1.82, 2.24) is 9.03 Å². The molecule has 0 aromatic carbocycles. The number of hydrogen-bond acceptors (Lipinski definition) is 3. The first kappa shape index (κ1) is 11.9. The number of hydrogen-bond donors (Lipinski definition) is 2. The Kier molecular flexibility index (Phi) is 2.69. The van der Waals surface area contributed by atoms with E-state index in [1.54, 1.807) is 0 Å². The molecule has 3 N–H and O–H groups in total. The van der Waals surface area contributed by atoms with Gasteiger partial charge in [-0.25, -0.2) is 0 Å². The first-order valence-electron chi connectivity index (χ1n) is 4.60. The summed E-state index contributed by atoms with van der Waals surface area (Å²) < 4.78 is 27.3. The molecule has 0 spiro atoms. The van der Waals surface area contributed by atoms with Gasteiger partial charge in [-0.2, -0.15) is 17.4 Å². The molecule has 1 saturated heterocycles. The maximum absolute atomic E-state index is 11.7. The smallest absolute Gasteiger partial charge is 0.280 e. The second-order valence-electron chi connectivity index (χ2n) is 5.28. The average molecular weight is 221 g/mol. The highest BCUT2D eigenvalue weighted by molar-refractivity contribution is 7.87. The van der Waals surface area contributed by atoms with Crippen molar-refractivity contribution in [3.63, 3.8) is 0 Å². The predicted octanol–water partition coefficient (Wildman–Crippen LogP) is -0.348. The monoisotopic (exact) mass is 221 g/mol. The molecule has 1 heterocycles. The molecule has 14 heavy (non-hydrogen) atoms. The minimum absolute atomic E-state index is 0.368. The highest BCUT2D eigenvalue weighted by atomic mass is 32.2. The van der Waals surface area contributed by atoms with Crippen LogP contribution in [0, 0.1) is 0 Å². The van der Waals surface area contributed by atoms with Gasteiger partial charge in [0.2, 0.25) is 0 Å². The molecule has 1 aliphatic rings. The van der Waals surface area contributed by atoms with E-state index in [0.717, 1.165) is 0 Å². The van der Waals surface area contributed by atoms with E-state index in [9.17, 15) is 8.42 Å². The van der Waals surface area contributed by atoms with E-state index in [4.69, 9.17) is 5.73 Å². The van der Waals surface area contributed by atoms with E-state index in [2.05, 4.69) is 4.72 Å². The van der Waals surface area contributed by atoms with E-state index in [-0.39, 0.29) is 5.54 Å². The second-order valence-corrected chi connectivity index (χ2v) is 6.95. The molecule has 0 atom stereocenters. The van der Waals surface area contributed by atoms with Crippen LogP contribution in [0.1, 0.15) is 27.7 Å². The molecule has 1 aliphatic heterocycles. The van der Waals surface area contributed by atoms with Crippen molar-refractivity contribution in [2.75, 3.05) is 13.1 Å². The second kappa shape index (κ2) is 3.16. The van der Waals surface area contributed by atoms with Crippen LogP contribution >= 0.6 is 0 Å². The number of nitrogens with one attached hydrogen (secondary N) is 1. The van der Waals surface area contributed by atoms with Gasteiger partial charge in [0.25, 0.3) is 10.2 Å². The molecular weight excluding hydrogens is 202 g/mol. The molecule has 1 fully saturated rings. The first-order chi connectivity index (χ1) is 6.02. The quantitative estimate of drug-likeness (QED) is 0.669. The van der Waals surface area contributed by atoms with Gasteiger partial charge in [-0.05, 0) is 27.7 Å². The van der Waals surface area contributed by atoms with Crippen LogP contribution in [0.15, 0.2) is 0 Å². The third-order valence-electron chi connectivity index (χ3n) is 1.85. The van der Waals surface area contributed by atoms with Crippen LogP contribution in [0.3, 0.4) is 0 Å². The minimum atomic E-state index is -3.35. The Bertz CT molecular complexity index is 308. The molecule has 0 aliphatic carbocycles. The lowest BCUT2D eigenvalue weighted by atomic mass is 9.97. The fraction of sp³-hybridized carbons (Fsp3) is 1.00. The van der Waals surface area contributed by atoms with E-state index in [1.165, 1.54) is 4.31 Å². The summed E-state index contributed by atoms with van der Waals surface area (Å²) in [6, 6.07) is 0. The Balaban J connectivity index is 2.62. The van der Waals surface area contributed by atoms with Crippen LogP contribution in [0.2, 0.25) is 0 Å². The van der Waals surface area contributed by atoms with E-state index < -0.39 is 15.7 Å². The van der Waals surface area contributed by atoms with Crippen LogP contribution in [0.5, 0.6) is 0 Å². The largest absolute Gasteiger partial charge is 0.323 e. The zero-order valence-corrected chi connectivity index (χ0v) is 9.98. The first-order valence-corrected chi connectivity index (χ1v) is 6.04. The standard InChI is InChI=1S/C8H19N3O2S/c1-7(2,3)10-14(12,13)11-5-8(4,9)6-11/h10H,5-6,9H2,1-4H3. The van der Waals surface area contributed by atoms with Crippen molar-refractivity contribution in [3.05, 3.63) is 0 Å². The molecule has 5 nitrogen and oxygen atoms in total. The van der Waals surface area contributed by atoms with Crippen molar-refractivity contribution in [2.24, 2.45) is 5.73 Å². The van der Waals surface area contributed by atoms with Crippen LogP contribution in [-0.2, 0) is 10.2 Å². The average Bonchev–Trinajstić information content (AvgIpc) is 1.76. The summed E-state index contributed by atoms with van der Waals surface area (Å²) in [7, 11) is -3.35. The van der Waals surface area contributed by atoms with Crippen LogP contribution < -0.4 is 10.5 Å². The van der Waals surface area contributed by atoms with Crippen LogP contribution in [0.4, 0.5) is 0 Å². The summed E-state index contributed by atoms with van der Waals surface area (Å²) in [5.74, 6) is 0. The topological polar surface area (TPSA) is 75.4 Å². The third kappa shape index (κ3) is 2.91. The van der Waals surface area contributed by atoms with Gasteiger partial charge in [0.15, 0.2) is 0 Å². The SMILES string of the molecule is CC1(N)CN(S(=O)(=O)NC(C)(C)C)C1. The van der Waals surface area contributed by atoms with Gasteiger partial charge in [-0.3, -0.25) is 0 Å². The minimum Gasteiger partial charge on any atom is -0.323 e. The highest BCUT2D eigenvalue weighted by Crippen LogP contribution is 2.21. The van der Waals surface area contributed by atoms with E-state index >= 15 is 0 Å². The van der Waals surface area contributed by atoms with Crippen molar-refractivity contribution in [3.8, 4) is 0 Å². The van der Waals surface area contributed by atoms with Gasteiger partial charge in [-0.15, -0.1) is 0 Å². The Morgan fingerprint density at radius 3 is 2.07 bits per heavy atom. The summed E-state index contributed by atoms with van der Waals surface area (Å²) in [6.45, 7) is 8.05. The Labute approximate surface area is 85.8 Å². The molecule has 0 saturated carbocycles. The molecule has 0 bridgehead atoms. The molecular formula is C8H19N3O2S. The van der Waals surface area contributed by atoms with Crippen molar-refractivity contribution < 1.29 is 8.42 Å². The normalized spacial score (nSPS) is 23.2. The molecule has 84 valence electrons. The maximum atomic E-state index is 11.7. The summed E-state index contributed by atoms with van der Waals surface area (Å²) in [6.07, 6.45) is 0. The third-order valence-corrected chi connectivity index (χ3v) is 3.66. The Hall–Kier alpha value is -0.170. The Morgan fingerprint density at radius 2 is 1.79 bits per heavy atom. The number of nitrogens with two attached hydrogens (primary N) is 1. The summed E-state index contributed by atoms with van der Waals surface area (Å²) in [4.78, 5) is 0. The van der Waals surface area contributed by atoms with Crippen molar-refractivity contribution >= 4 is 10.2 Å². The molecule has 0 aromatic heterocycles. The van der Waals surface area contributed by atoms with E-state index in [0.29, 0.717) is 13.1 Å². The zero-order chi connectivity index (χ0) is 11.2. The van der Waals surface area contributed by atoms with Gasteiger partial charge in [0.1, 0.15) is 0 Å². The number of rotatable bonds is 2. The highest BCUT2D eigenvalue weighted by Gasteiger charge is 2.42. The molecule has 0 unspecified atom stereocenters. The zero-order valence-electron chi connectivity index (χ0n) is 9.16. The van der Waals surface area contributed by atoms with E-state index in [1.807, 2.05) is 27.7 Å². The van der Waals surface area contributed by atoms with Crippen LogP contribution in [0.25, 0.3) is 0 Å². The molecule has 0 radical (unpaired) electrons. The molecule has 0 aromatic rings. The van der Waals surface area contributed by atoms with Gasteiger partial charge < -0.3 is 5.73 Å². The fourth-order valence-electron chi connectivity index (χ4n) is 1.38. The maximum Gasteiger partial charge on any atom is 0.280 e. The lowest BCUT2D eigenvalue weighted by molar-refractivity contribution is 0.172. The summed E-state index contributed by atoms with van der Waals surface area (Å²) >= 11 is 0. The van der Waals surface area contributed by atoms with Gasteiger partial charge in [0.05, 0.1) is 0 Å². The van der Waals surface area contributed by atoms with Crippen LogP contribution in [-0.4, -0.2) is 36.9 Å². The Morgan fingerprint density at radius 1 is 1.36 bits per heavy atom. The molecule has 6 heteroatoms.